The maximum absolute atomic E-state index is 6.17. The zero-order chi connectivity index (χ0) is 13.1. The summed E-state index contributed by atoms with van der Waals surface area (Å²) >= 11 is 12.2. The van der Waals surface area contributed by atoms with E-state index in [9.17, 15) is 0 Å². The van der Waals surface area contributed by atoms with Crippen LogP contribution in [0.5, 0.6) is 0 Å². The molecule has 5 heteroatoms. The van der Waals surface area contributed by atoms with Crippen LogP contribution < -0.4 is 11.3 Å². The SMILES string of the molecule is CC1CC(C(Cc2cc(Cl)ccc2Cl)NN)CO1. The van der Waals surface area contributed by atoms with Gasteiger partial charge in [0.25, 0.3) is 0 Å². The predicted molar refractivity (Wildman–Crippen MR) is 74.8 cm³/mol. The van der Waals surface area contributed by atoms with Gasteiger partial charge in [0.05, 0.1) is 12.7 Å². The van der Waals surface area contributed by atoms with Crippen molar-refractivity contribution in [3.05, 3.63) is 33.8 Å². The lowest BCUT2D eigenvalue weighted by Crippen LogP contribution is -2.42. The molecular weight excluding hydrogens is 271 g/mol. The van der Waals surface area contributed by atoms with Crippen molar-refractivity contribution < 1.29 is 4.74 Å². The minimum atomic E-state index is 0.158. The molecule has 3 N–H and O–H groups in total. The number of hydrogen-bond acceptors (Lipinski definition) is 3. The van der Waals surface area contributed by atoms with Crippen molar-refractivity contribution in [2.45, 2.75) is 31.9 Å². The van der Waals surface area contributed by atoms with E-state index in [4.69, 9.17) is 33.8 Å². The third-order valence-corrected chi connectivity index (χ3v) is 4.06. The van der Waals surface area contributed by atoms with Crippen LogP contribution in [0.4, 0.5) is 0 Å². The summed E-state index contributed by atoms with van der Waals surface area (Å²) in [6.45, 7) is 2.83. The molecule has 0 aliphatic carbocycles. The van der Waals surface area contributed by atoms with Gasteiger partial charge in [-0.1, -0.05) is 23.2 Å². The van der Waals surface area contributed by atoms with Crippen LogP contribution in [0.1, 0.15) is 18.9 Å². The number of hydrazine groups is 1. The van der Waals surface area contributed by atoms with E-state index in [1.54, 1.807) is 6.07 Å². The van der Waals surface area contributed by atoms with Crippen LogP contribution in [0.3, 0.4) is 0 Å². The van der Waals surface area contributed by atoms with Crippen LogP contribution in [-0.4, -0.2) is 18.8 Å². The summed E-state index contributed by atoms with van der Waals surface area (Å²) in [6.07, 6.45) is 2.09. The second-order valence-electron chi connectivity index (χ2n) is 4.85. The Morgan fingerprint density at radius 1 is 1.50 bits per heavy atom. The smallest absolute Gasteiger partial charge is 0.0551 e. The molecule has 0 aromatic heterocycles. The van der Waals surface area contributed by atoms with E-state index >= 15 is 0 Å². The predicted octanol–water partition coefficient (Wildman–Crippen LogP) is 2.79. The minimum absolute atomic E-state index is 0.158. The molecular formula is C13H18Cl2N2O. The fraction of sp³-hybridized carbons (Fsp3) is 0.538. The van der Waals surface area contributed by atoms with Crippen molar-refractivity contribution in [2.75, 3.05) is 6.61 Å². The molecule has 1 aromatic carbocycles. The van der Waals surface area contributed by atoms with Crippen molar-refractivity contribution in [2.24, 2.45) is 11.8 Å². The van der Waals surface area contributed by atoms with E-state index in [1.807, 2.05) is 12.1 Å². The van der Waals surface area contributed by atoms with E-state index in [2.05, 4.69) is 12.3 Å². The van der Waals surface area contributed by atoms with Crippen molar-refractivity contribution in [1.29, 1.82) is 0 Å². The standard InChI is InChI=1S/C13H18Cl2N2O/c1-8-4-10(7-18-8)13(17-16)6-9-5-11(14)2-3-12(9)15/h2-3,5,8,10,13,17H,4,6-7,16H2,1H3. The first-order valence-electron chi connectivity index (χ1n) is 6.11. The zero-order valence-corrected chi connectivity index (χ0v) is 11.8. The lowest BCUT2D eigenvalue weighted by molar-refractivity contribution is 0.117. The second kappa shape index (κ2) is 6.22. The molecule has 1 saturated heterocycles. The quantitative estimate of drug-likeness (QED) is 0.662. The summed E-state index contributed by atoms with van der Waals surface area (Å²) < 4.78 is 5.59. The molecule has 1 fully saturated rings. The first-order valence-corrected chi connectivity index (χ1v) is 6.87. The lowest BCUT2D eigenvalue weighted by atomic mass is 9.92. The van der Waals surface area contributed by atoms with E-state index in [0.29, 0.717) is 17.0 Å². The van der Waals surface area contributed by atoms with Gasteiger partial charge in [0.2, 0.25) is 0 Å². The highest BCUT2D eigenvalue weighted by molar-refractivity contribution is 6.33. The molecule has 1 aliphatic heterocycles. The summed E-state index contributed by atoms with van der Waals surface area (Å²) in [7, 11) is 0. The largest absolute Gasteiger partial charge is 0.378 e. The maximum atomic E-state index is 6.17. The first-order chi connectivity index (χ1) is 8.60. The van der Waals surface area contributed by atoms with E-state index in [0.717, 1.165) is 30.0 Å². The first kappa shape index (κ1) is 14.1. The fourth-order valence-electron chi connectivity index (χ4n) is 2.43. The monoisotopic (exact) mass is 288 g/mol. The summed E-state index contributed by atoms with van der Waals surface area (Å²) in [5, 5.41) is 1.42. The molecule has 0 amide bonds. The fourth-order valence-corrected chi connectivity index (χ4v) is 2.82. The summed E-state index contributed by atoms with van der Waals surface area (Å²) in [5.74, 6) is 6.07. The van der Waals surface area contributed by atoms with Crippen LogP contribution in [-0.2, 0) is 11.2 Å². The average Bonchev–Trinajstić information content (AvgIpc) is 2.77. The highest BCUT2D eigenvalue weighted by Crippen LogP contribution is 2.27. The number of hydrogen-bond donors (Lipinski definition) is 2. The molecule has 0 bridgehead atoms. The van der Waals surface area contributed by atoms with Gasteiger partial charge in [0, 0.05) is 22.0 Å². The van der Waals surface area contributed by atoms with Gasteiger partial charge in [-0.15, -0.1) is 0 Å². The molecule has 1 aromatic rings. The Hall–Kier alpha value is -0.320. The molecule has 3 atom stereocenters. The molecule has 0 spiro atoms. The number of halogens is 2. The molecule has 18 heavy (non-hydrogen) atoms. The van der Waals surface area contributed by atoms with Gasteiger partial charge in [0.15, 0.2) is 0 Å². The third kappa shape index (κ3) is 3.37. The number of benzene rings is 1. The number of rotatable bonds is 4. The number of ether oxygens (including phenoxy) is 1. The van der Waals surface area contributed by atoms with E-state index < -0.39 is 0 Å². The van der Waals surface area contributed by atoms with Crippen LogP contribution >= 0.6 is 23.2 Å². The van der Waals surface area contributed by atoms with Gasteiger partial charge in [0.1, 0.15) is 0 Å². The Balaban J connectivity index is 2.08. The average molecular weight is 289 g/mol. The van der Waals surface area contributed by atoms with E-state index in [1.165, 1.54) is 0 Å². The second-order valence-corrected chi connectivity index (χ2v) is 5.70. The van der Waals surface area contributed by atoms with Gasteiger partial charge in [-0.2, -0.15) is 0 Å². The Morgan fingerprint density at radius 3 is 2.89 bits per heavy atom. The van der Waals surface area contributed by atoms with Crippen molar-refractivity contribution in [3.63, 3.8) is 0 Å². The van der Waals surface area contributed by atoms with Gasteiger partial charge >= 0.3 is 0 Å². The van der Waals surface area contributed by atoms with E-state index in [-0.39, 0.29) is 6.04 Å². The Morgan fingerprint density at radius 2 is 2.28 bits per heavy atom. The minimum Gasteiger partial charge on any atom is -0.378 e. The van der Waals surface area contributed by atoms with Gasteiger partial charge in [-0.05, 0) is 43.5 Å². The molecule has 3 unspecified atom stereocenters. The van der Waals surface area contributed by atoms with Crippen LogP contribution in [0.2, 0.25) is 10.0 Å². The van der Waals surface area contributed by atoms with Crippen molar-refractivity contribution in [1.82, 2.24) is 5.43 Å². The maximum Gasteiger partial charge on any atom is 0.0551 e. The summed E-state index contributed by atoms with van der Waals surface area (Å²) in [5.41, 5.74) is 3.90. The zero-order valence-electron chi connectivity index (χ0n) is 10.3. The highest BCUT2D eigenvalue weighted by atomic mass is 35.5. The topological polar surface area (TPSA) is 47.3 Å². The van der Waals surface area contributed by atoms with Crippen LogP contribution in [0, 0.1) is 5.92 Å². The summed E-state index contributed by atoms with van der Waals surface area (Å²) in [4.78, 5) is 0. The van der Waals surface area contributed by atoms with Crippen molar-refractivity contribution in [3.8, 4) is 0 Å². The number of nitrogens with two attached hydrogens (primary N) is 1. The van der Waals surface area contributed by atoms with Gasteiger partial charge < -0.3 is 4.74 Å². The van der Waals surface area contributed by atoms with Crippen LogP contribution in [0.15, 0.2) is 18.2 Å². The molecule has 3 nitrogen and oxygen atoms in total. The highest BCUT2D eigenvalue weighted by Gasteiger charge is 2.29. The molecule has 100 valence electrons. The van der Waals surface area contributed by atoms with Gasteiger partial charge in [-0.3, -0.25) is 11.3 Å². The van der Waals surface area contributed by atoms with Crippen LogP contribution in [0.25, 0.3) is 0 Å². The number of nitrogens with one attached hydrogen (secondary N) is 1. The normalized spacial score (nSPS) is 25.3. The molecule has 1 aliphatic rings. The third-order valence-electron chi connectivity index (χ3n) is 3.46. The Labute approximate surface area is 118 Å². The summed E-state index contributed by atoms with van der Waals surface area (Å²) in [6, 6.07) is 5.67. The lowest BCUT2D eigenvalue weighted by Gasteiger charge is -2.22. The van der Waals surface area contributed by atoms with Gasteiger partial charge in [-0.25, -0.2) is 0 Å². The molecule has 0 radical (unpaired) electrons. The Kier molecular flexibility index (Phi) is 4.87. The molecule has 2 rings (SSSR count). The Bertz CT molecular complexity index is 414. The van der Waals surface area contributed by atoms with Crippen molar-refractivity contribution >= 4 is 23.2 Å². The molecule has 1 heterocycles. The molecule has 0 saturated carbocycles.